The maximum absolute atomic E-state index is 13.7. The van der Waals surface area contributed by atoms with Gasteiger partial charge in [0.1, 0.15) is 17.7 Å². The molecule has 0 spiro atoms. The third-order valence-electron chi connectivity index (χ3n) is 6.45. The highest BCUT2D eigenvalue weighted by Gasteiger charge is 2.48. The van der Waals surface area contributed by atoms with Crippen LogP contribution in [0.25, 0.3) is 0 Å². The predicted octanol–water partition coefficient (Wildman–Crippen LogP) is 2.82. The molecule has 1 fully saturated rings. The van der Waals surface area contributed by atoms with Gasteiger partial charge in [0.25, 0.3) is 5.91 Å². The number of alkyl carbamates (subject to hydrolysis) is 1. The quantitative estimate of drug-likeness (QED) is 0.499. The maximum atomic E-state index is 13.7. The number of likely N-dealkylation sites (N-methyl/N-ethyl adjacent to an activating group) is 1. The van der Waals surface area contributed by atoms with Gasteiger partial charge in [-0.1, -0.05) is 50.6 Å². The number of urea groups is 1. The van der Waals surface area contributed by atoms with Gasteiger partial charge in [-0.05, 0) is 46.1 Å². The number of benzene rings is 1. The Labute approximate surface area is 213 Å². The highest BCUT2D eigenvalue weighted by atomic mass is 16.6. The second-order valence-corrected chi connectivity index (χ2v) is 10.4. The molecular formula is C26H40N4O6. The van der Waals surface area contributed by atoms with E-state index in [4.69, 9.17) is 4.74 Å². The number of aliphatic hydroxyl groups is 1. The Kier molecular flexibility index (Phi) is 9.48. The first kappa shape index (κ1) is 29.1. The number of rotatable bonds is 8. The maximum Gasteiger partial charge on any atom is 0.408 e. The van der Waals surface area contributed by atoms with Crippen molar-refractivity contribution in [3.05, 3.63) is 35.9 Å². The smallest absolute Gasteiger partial charge is 0.408 e. The van der Waals surface area contributed by atoms with Crippen molar-refractivity contribution in [2.75, 3.05) is 7.05 Å². The molecule has 1 aromatic carbocycles. The summed E-state index contributed by atoms with van der Waals surface area (Å²) in [5.74, 6) is -1.67. The van der Waals surface area contributed by atoms with Gasteiger partial charge in [0.05, 0.1) is 18.2 Å². The van der Waals surface area contributed by atoms with E-state index in [1.807, 2.05) is 44.2 Å². The molecule has 0 radical (unpaired) electrons. The topological polar surface area (TPSA) is 128 Å². The van der Waals surface area contributed by atoms with Gasteiger partial charge < -0.3 is 25.4 Å². The summed E-state index contributed by atoms with van der Waals surface area (Å²) in [5.41, 5.74) is 0.0000353. The van der Waals surface area contributed by atoms with Crippen molar-refractivity contribution in [1.29, 1.82) is 0 Å². The van der Waals surface area contributed by atoms with E-state index in [0.717, 1.165) is 10.5 Å². The average Bonchev–Trinajstić information content (AvgIpc) is 3.03. The second kappa shape index (κ2) is 11.7. The van der Waals surface area contributed by atoms with Crippen molar-refractivity contribution < 1.29 is 29.0 Å². The van der Waals surface area contributed by atoms with Crippen molar-refractivity contribution in [3.8, 4) is 0 Å². The van der Waals surface area contributed by atoms with Crippen LogP contribution in [0.2, 0.25) is 0 Å². The molecular weight excluding hydrogens is 464 g/mol. The fraction of sp³-hybridized carbons (Fsp3) is 0.615. The Balaban J connectivity index is 2.32. The van der Waals surface area contributed by atoms with Crippen molar-refractivity contribution in [2.24, 2.45) is 5.92 Å². The highest BCUT2D eigenvalue weighted by Crippen LogP contribution is 2.35. The van der Waals surface area contributed by atoms with Gasteiger partial charge in [-0.3, -0.25) is 14.5 Å². The zero-order valence-electron chi connectivity index (χ0n) is 22.4. The number of nitrogens with one attached hydrogen (secondary N) is 2. The van der Waals surface area contributed by atoms with Crippen molar-refractivity contribution in [2.45, 2.75) is 90.8 Å². The van der Waals surface area contributed by atoms with E-state index < -0.39 is 53.8 Å². The summed E-state index contributed by atoms with van der Waals surface area (Å²) in [6.07, 6.45) is -1.51. The Bertz CT molecular complexity index is 946. The zero-order valence-corrected chi connectivity index (χ0v) is 22.4. The monoisotopic (exact) mass is 504 g/mol. The van der Waals surface area contributed by atoms with Gasteiger partial charge in [-0.15, -0.1) is 0 Å². The molecule has 6 atom stereocenters. The van der Waals surface area contributed by atoms with E-state index >= 15 is 0 Å². The van der Waals surface area contributed by atoms with E-state index in [-0.39, 0.29) is 12.0 Å². The van der Waals surface area contributed by atoms with Crippen LogP contribution in [0.5, 0.6) is 0 Å². The number of nitrogens with zero attached hydrogens (tertiary/aromatic N) is 2. The first-order valence-electron chi connectivity index (χ1n) is 12.3. The number of aliphatic hydroxyl groups excluding tert-OH is 1. The SMILES string of the molecule is CC[C@H](C)[C@H](NC(=O)OC(C)(C)C)C(=O)N[C@H](C(=O)N1C(=O)N(C)[C@@H](C)[C@H]1c1ccccc1)[C@@H](C)O. The molecule has 0 unspecified atom stereocenters. The molecule has 200 valence electrons. The summed E-state index contributed by atoms with van der Waals surface area (Å²) in [4.78, 5) is 55.0. The summed E-state index contributed by atoms with van der Waals surface area (Å²) in [5, 5.41) is 15.6. The van der Waals surface area contributed by atoms with E-state index in [1.54, 1.807) is 34.7 Å². The number of imide groups is 1. The third kappa shape index (κ3) is 6.75. The number of carbonyl (C=O) groups excluding carboxylic acids is 4. The lowest BCUT2D eigenvalue weighted by molar-refractivity contribution is -0.138. The fourth-order valence-corrected chi connectivity index (χ4v) is 4.12. The Morgan fingerprint density at radius 2 is 1.67 bits per heavy atom. The molecule has 1 aliphatic rings. The van der Waals surface area contributed by atoms with Crippen LogP contribution in [-0.2, 0) is 14.3 Å². The minimum Gasteiger partial charge on any atom is -0.444 e. The summed E-state index contributed by atoms with van der Waals surface area (Å²) < 4.78 is 5.29. The number of amides is 5. The zero-order chi connectivity index (χ0) is 27.4. The van der Waals surface area contributed by atoms with E-state index in [9.17, 15) is 24.3 Å². The standard InChI is InChI=1S/C26H40N4O6/c1-9-15(2)19(28-24(34)36-26(5,6)7)22(32)27-20(17(4)31)23(33)30-21(16(3)29(8)25(30)35)18-13-11-10-12-14-18/h10-17,19-21,31H,9H2,1-8H3,(H,27,32)(H,28,34)/t15-,16-,17+,19-,20-,21-/m0/s1. The van der Waals surface area contributed by atoms with Crippen LogP contribution in [0.3, 0.4) is 0 Å². The van der Waals surface area contributed by atoms with Crippen molar-refractivity contribution in [1.82, 2.24) is 20.4 Å². The largest absolute Gasteiger partial charge is 0.444 e. The number of hydrogen-bond donors (Lipinski definition) is 3. The molecule has 0 bridgehead atoms. The van der Waals surface area contributed by atoms with E-state index in [1.165, 1.54) is 11.8 Å². The lowest BCUT2D eigenvalue weighted by atomic mass is 9.97. The lowest BCUT2D eigenvalue weighted by Gasteiger charge is -2.31. The fourth-order valence-electron chi connectivity index (χ4n) is 4.12. The third-order valence-corrected chi connectivity index (χ3v) is 6.45. The first-order chi connectivity index (χ1) is 16.7. The minimum atomic E-state index is -1.40. The second-order valence-electron chi connectivity index (χ2n) is 10.4. The van der Waals surface area contributed by atoms with Gasteiger partial charge in [-0.25, -0.2) is 9.59 Å². The Morgan fingerprint density at radius 1 is 1.08 bits per heavy atom. The van der Waals surface area contributed by atoms with Gasteiger partial charge in [-0.2, -0.15) is 0 Å². The van der Waals surface area contributed by atoms with Crippen LogP contribution in [0, 0.1) is 5.92 Å². The molecule has 5 amide bonds. The van der Waals surface area contributed by atoms with Crippen LogP contribution in [0.1, 0.15) is 66.5 Å². The average molecular weight is 505 g/mol. The van der Waals surface area contributed by atoms with Crippen LogP contribution in [0.15, 0.2) is 30.3 Å². The summed E-state index contributed by atoms with van der Waals surface area (Å²) in [7, 11) is 1.61. The van der Waals surface area contributed by atoms with Gasteiger partial charge in [0.2, 0.25) is 5.91 Å². The Hall–Kier alpha value is -3.14. The lowest BCUT2D eigenvalue weighted by Crippen LogP contribution is -2.59. The molecule has 3 N–H and O–H groups in total. The molecule has 1 aromatic rings. The first-order valence-corrected chi connectivity index (χ1v) is 12.3. The molecule has 0 aliphatic carbocycles. The molecule has 1 saturated heterocycles. The van der Waals surface area contributed by atoms with Crippen LogP contribution in [-0.4, -0.2) is 75.7 Å². The van der Waals surface area contributed by atoms with Gasteiger partial charge in [0.15, 0.2) is 0 Å². The predicted molar refractivity (Wildman–Crippen MR) is 135 cm³/mol. The summed E-state index contributed by atoms with van der Waals surface area (Å²) in [6.45, 7) is 12.0. The van der Waals surface area contributed by atoms with Crippen LogP contribution < -0.4 is 10.6 Å². The molecule has 0 saturated carbocycles. The highest BCUT2D eigenvalue weighted by molar-refractivity contribution is 6.01. The molecule has 36 heavy (non-hydrogen) atoms. The van der Waals surface area contributed by atoms with Crippen molar-refractivity contribution >= 4 is 23.9 Å². The van der Waals surface area contributed by atoms with Crippen LogP contribution in [0.4, 0.5) is 9.59 Å². The molecule has 0 aromatic heterocycles. The molecule has 1 heterocycles. The minimum absolute atomic E-state index is 0.293. The normalized spacial score (nSPS) is 21.4. The summed E-state index contributed by atoms with van der Waals surface area (Å²) >= 11 is 0. The number of hydrogen-bond acceptors (Lipinski definition) is 6. The van der Waals surface area contributed by atoms with Crippen molar-refractivity contribution in [3.63, 3.8) is 0 Å². The summed E-state index contributed by atoms with van der Waals surface area (Å²) in [6, 6.07) is 5.27. The molecule has 1 aliphatic heterocycles. The van der Waals surface area contributed by atoms with E-state index in [0.29, 0.717) is 6.42 Å². The van der Waals surface area contributed by atoms with E-state index in [2.05, 4.69) is 10.6 Å². The van der Waals surface area contributed by atoms with Gasteiger partial charge in [0, 0.05) is 7.05 Å². The molecule has 10 nitrogen and oxygen atoms in total. The molecule has 10 heteroatoms. The van der Waals surface area contributed by atoms with Crippen LogP contribution >= 0.6 is 0 Å². The van der Waals surface area contributed by atoms with Gasteiger partial charge >= 0.3 is 12.1 Å². The Morgan fingerprint density at radius 3 is 2.17 bits per heavy atom. The number of carbonyl (C=O) groups is 4. The number of ether oxygens (including phenoxy) is 1. The molecule has 2 rings (SSSR count).